The van der Waals surface area contributed by atoms with Crippen LogP contribution in [0.15, 0.2) is 54.9 Å². The molecule has 1 amide bonds. The number of imidazole rings is 1. The van der Waals surface area contributed by atoms with Crippen LogP contribution in [-0.2, 0) is 18.3 Å². The summed E-state index contributed by atoms with van der Waals surface area (Å²) < 4.78 is 2.02. The van der Waals surface area contributed by atoms with Gasteiger partial charge in [-0.05, 0) is 30.2 Å². The number of benzene rings is 1. The van der Waals surface area contributed by atoms with Crippen molar-refractivity contribution < 1.29 is 4.79 Å². The predicted octanol–water partition coefficient (Wildman–Crippen LogP) is 3.03. The summed E-state index contributed by atoms with van der Waals surface area (Å²) in [5, 5.41) is 3.30. The van der Waals surface area contributed by atoms with Crippen LogP contribution in [0.2, 0.25) is 0 Å². The molecule has 1 fully saturated rings. The number of aryl methyl sites for hydroxylation is 1. The van der Waals surface area contributed by atoms with Crippen molar-refractivity contribution in [1.82, 2.24) is 14.9 Å². The third-order valence-corrected chi connectivity index (χ3v) is 5.44. The lowest BCUT2D eigenvalue weighted by molar-refractivity contribution is -0.126. The molecule has 0 spiro atoms. The number of carbonyl (C=O) groups is 1. The molecule has 1 heterocycles. The molecule has 4 rings (SSSR count). The highest BCUT2D eigenvalue weighted by atomic mass is 16.2. The van der Waals surface area contributed by atoms with Crippen LogP contribution in [0.25, 0.3) is 0 Å². The topological polar surface area (TPSA) is 46.9 Å². The fourth-order valence-electron chi connectivity index (χ4n) is 4.07. The molecule has 2 aliphatic carbocycles. The van der Waals surface area contributed by atoms with Gasteiger partial charge in [0.1, 0.15) is 5.82 Å². The van der Waals surface area contributed by atoms with Gasteiger partial charge in [0.05, 0.1) is 6.04 Å². The van der Waals surface area contributed by atoms with Crippen LogP contribution in [0.5, 0.6) is 0 Å². The summed E-state index contributed by atoms with van der Waals surface area (Å²) in [6.45, 7) is 0. The molecule has 4 atom stereocenters. The number of nitrogens with zero attached hydrogens (tertiary/aromatic N) is 2. The number of fused-ring (bicyclic) bond motifs is 2. The van der Waals surface area contributed by atoms with E-state index in [1.807, 2.05) is 36.0 Å². The molecule has 2 bridgehead atoms. The minimum atomic E-state index is -0.0390. The number of allylic oxidation sites excluding steroid dienone is 2. The molecule has 0 aliphatic heterocycles. The minimum Gasteiger partial charge on any atom is -0.349 e. The predicted molar refractivity (Wildman–Crippen MR) is 93.1 cm³/mol. The van der Waals surface area contributed by atoms with Crippen LogP contribution >= 0.6 is 0 Å². The first-order valence-electron chi connectivity index (χ1n) is 8.70. The van der Waals surface area contributed by atoms with Crippen molar-refractivity contribution in [2.75, 3.05) is 0 Å². The third-order valence-electron chi connectivity index (χ3n) is 5.44. The van der Waals surface area contributed by atoms with Crippen LogP contribution in [0, 0.1) is 17.8 Å². The molecule has 0 saturated heterocycles. The second kappa shape index (κ2) is 6.27. The highest BCUT2D eigenvalue weighted by Gasteiger charge is 2.40. The van der Waals surface area contributed by atoms with E-state index >= 15 is 0 Å². The number of amides is 1. The Morgan fingerprint density at radius 3 is 2.75 bits per heavy atom. The highest BCUT2D eigenvalue weighted by molar-refractivity contribution is 5.80. The van der Waals surface area contributed by atoms with Gasteiger partial charge in [-0.1, -0.05) is 42.5 Å². The molecule has 4 heteroatoms. The van der Waals surface area contributed by atoms with Crippen molar-refractivity contribution in [3.63, 3.8) is 0 Å². The van der Waals surface area contributed by atoms with E-state index in [-0.39, 0.29) is 17.9 Å². The van der Waals surface area contributed by atoms with Crippen LogP contribution < -0.4 is 5.32 Å². The van der Waals surface area contributed by atoms with Crippen molar-refractivity contribution in [2.45, 2.75) is 25.3 Å². The molecule has 1 saturated carbocycles. The zero-order valence-corrected chi connectivity index (χ0v) is 13.9. The van der Waals surface area contributed by atoms with Crippen molar-refractivity contribution >= 4 is 5.91 Å². The fourth-order valence-corrected chi connectivity index (χ4v) is 4.07. The molecule has 1 aromatic heterocycles. The van der Waals surface area contributed by atoms with Crippen molar-refractivity contribution in [3.8, 4) is 0 Å². The van der Waals surface area contributed by atoms with Crippen molar-refractivity contribution in [2.24, 2.45) is 24.8 Å². The van der Waals surface area contributed by atoms with E-state index in [1.165, 1.54) is 0 Å². The van der Waals surface area contributed by atoms with Crippen LogP contribution in [0.3, 0.4) is 0 Å². The van der Waals surface area contributed by atoms with E-state index in [0.717, 1.165) is 24.2 Å². The Bertz CT molecular complexity index is 749. The molecule has 124 valence electrons. The largest absolute Gasteiger partial charge is 0.349 e. The van der Waals surface area contributed by atoms with Gasteiger partial charge >= 0.3 is 0 Å². The summed E-state index contributed by atoms with van der Waals surface area (Å²) in [5.74, 6) is 2.34. The van der Waals surface area contributed by atoms with E-state index in [0.29, 0.717) is 18.3 Å². The van der Waals surface area contributed by atoms with E-state index < -0.39 is 0 Å². The Kier molecular flexibility index (Phi) is 3.97. The molecule has 0 radical (unpaired) electrons. The van der Waals surface area contributed by atoms with Crippen LogP contribution in [-0.4, -0.2) is 15.5 Å². The summed E-state index contributed by atoms with van der Waals surface area (Å²) in [6.07, 6.45) is 11.1. The smallest absolute Gasteiger partial charge is 0.224 e. The van der Waals surface area contributed by atoms with Gasteiger partial charge in [-0.2, -0.15) is 0 Å². The average Bonchev–Trinajstić information content (AvgIpc) is 3.33. The minimum absolute atomic E-state index is 0.0390. The first-order valence-corrected chi connectivity index (χ1v) is 8.70. The Labute approximate surface area is 142 Å². The normalized spacial score (nSPS) is 25.8. The first-order chi connectivity index (χ1) is 11.7. The lowest BCUT2D eigenvalue weighted by Gasteiger charge is -2.24. The number of hydrogen-bond donors (Lipinski definition) is 1. The van der Waals surface area contributed by atoms with Gasteiger partial charge in [0.15, 0.2) is 0 Å². The molecular weight excluding hydrogens is 298 g/mol. The summed E-state index contributed by atoms with van der Waals surface area (Å²) >= 11 is 0. The molecule has 1 aromatic carbocycles. The van der Waals surface area contributed by atoms with Crippen LogP contribution in [0.1, 0.15) is 30.3 Å². The Balaban J connectivity index is 1.53. The van der Waals surface area contributed by atoms with Gasteiger partial charge in [0, 0.05) is 31.8 Å². The number of hydrogen-bond acceptors (Lipinski definition) is 2. The lowest BCUT2D eigenvalue weighted by Crippen LogP contribution is -2.36. The number of nitrogens with one attached hydrogen (secondary N) is 1. The molecule has 1 N–H and O–H groups in total. The standard InChI is InChI=1S/C20H23N3O/c1-23-10-9-21-19(23)13-18(15-5-3-2-4-6-15)22-20(24)17-12-14-7-8-16(17)11-14/h2-10,14,16-18H,11-13H2,1H3,(H,22,24)/t14-,16-,17-,18+/m0/s1. The first kappa shape index (κ1) is 15.2. The van der Waals surface area contributed by atoms with Crippen molar-refractivity contribution in [3.05, 3.63) is 66.3 Å². The average molecular weight is 321 g/mol. The number of rotatable bonds is 5. The zero-order valence-electron chi connectivity index (χ0n) is 13.9. The molecule has 4 nitrogen and oxygen atoms in total. The monoisotopic (exact) mass is 321 g/mol. The number of carbonyl (C=O) groups excluding carboxylic acids is 1. The summed E-state index contributed by atoms with van der Waals surface area (Å²) in [7, 11) is 1.99. The maximum atomic E-state index is 12.9. The van der Waals surface area contributed by atoms with Gasteiger partial charge in [0.2, 0.25) is 5.91 Å². The van der Waals surface area contributed by atoms with Gasteiger partial charge < -0.3 is 9.88 Å². The fraction of sp³-hybridized carbons (Fsp3) is 0.400. The van der Waals surface area contributed by atoms with Gasteiger partial charge in [0.25, 0.3) is 0 Å². The third kappa shape index (κ3) is 2.88. The van der Waals surface area contributed by atoms with E-state index in [9.17, 15) is 4.79 Å². The molecule has 0 unspecified atom stereocenters. The van der Waals surface area contributed by atoms with Crippen LogP contribution in [0.4, 0.5) is 0 Å². The van der Waals surface area contributed by atoms with E-state index in [4.69, 9.17) is 0 Å². The van der Waals surface area contributed by atoms with E-state index in [2.05, 4.69) is 34.6 Å². The summed E-state index contributed by atoms with van der Waals surface area (Å²) in [5.41, 5.74) is 1.13. The molecule has 2 aromatic rings. The highest BCUT2D eigenvalue weighted by Crippen LogP contribution is 2.43. The van der Waals surface area contributed by atoms with Gasteiger partial charge in [-0.15, -0.1) is 0 Å². The quantitative estimate of drug-likeness (QED) is 0.861. The lowest BCUT2D eigenvalue weighted by atomic mass is 9.92. The molecule has 24 heavy (non-hydrogen) atoms. The summed E-state index contributed by atoms with van der Waals surface area (Å²) in [4.78, 5) is 17.3. The van der Waals surface area contributed by atoms with Crippen molar-refractivity contribution in [1.29, 1.82) is 0 Å². The van der Waals surface area contributed by atoms with Gasteiger partial charge in [-0.3, -0.25) is 4.79 Å². The van der Waals surface area contributed by atoms with Gasteiger partial charge in [-0.25, -0.2) is 4.98 Å². The second-order valence-corrected chi connectivity index (χ2v) is 7.02. The molecule has 2 aliphatic rings. The Morgan fingerprint density at radius 2 is 2.12 bits per heavy atom. The second-order valence-electron chi connectivity index (χ2n) is 7.02. The maximum Gasteiger partial charge on any atom is 0.224 e. The Hall–Kier alpha value is -2.36. The SMILES string of the molecule is Cn1ccnc1C[C@@H](NC(=O)[C@H]1C[C@H]2C=C[C@H]1C2)c1ccccc1. The maximum absolute atomic E-state index is 12.9. The Morgan fingerprint density at radius 1 is 1.29 bits per heavy atom. The molecular formula is C20H23N3O. The van der Waals surface area contributed by atoms with E-state index in [1.54, 1.807) is 6.20 Å². The number of aromatic nitrogens is 2. The summed E-state index contributed by atoms with van der Waals surface area (Å²) in [6, 6.07) is 10.2. The zero-order chi connectivity index (χ0) is 16.5.